The van der Waals surface area contributed by atoms with Crippen LogP contribution < -0.4 is 52.7 Å². The molecule has 0 atom stereocenters. The molecule has 0 spiro atoms. The molecule has 0 fully saturated rings. The van der Waals surface area contributed by atoms with Gasteiger partial charge < -0.3 is 77.5 Å². The second-order valence-electron chi connectivity index (χ2n) is 29.6. The Morgan fingerprint density at radius 1 is 0.381 bits per heavy atom. The maximum Gasteiger partial charge on any atom is 0.348 e. The predicted octanol–water partition coefficient (Wildman–Crippen LogP) is 23.4. The Morgan fingerprint density at radius 2 is 0.777 bits per heavy atom. The SMILES string of the molecule is COC(=O)c1ccc(COc2ccc3cc(C(=N)N)sc3c2)s1.COC(=O)c1ccccc1COc1ccc2cc(C(=N)N)sc2c1.Cl.Cl.N=C(N)c1cc2c(C#Cc3ccc(O)cc3)cc(OCc3cccs3)cc2s1.N=C(N)c1cc2ccc(N(Cc3ccccc3)Cc3ccccc3)cc2s1.N=C(N)c1cc2ccc(N(Cc3ccccc3F)Cc3ccccc3F)cc2s1.O=CO.O=CO. The third kappa shape index (κ3) is 30.1. The molecule has 0 saturated heterocycles. The summed E-state index contributed by atoms with van der Waals surface area (Å²) in [6, 6.07) is 93.1. The molecule has 24 nitrogen and oxygen atoms in total. The van der Waals surface area contributed by atoms with Gasteiger partial charge in [0.1, 0.15) is 88.5 Å². The first-order valence-corrected chi connectivity index (χ1v) is 47.2. The normalized spacial score (nSPS) is 10.2. The number of nitrogens with one attached hydrogen (secondary N) is 5. The largest absolute Gasteiger partial charge is 0.508 e. The number of nitrogen functional groups attached to an aromatic ring is 5. The van der Waals surface area contributed by atoms with Crippen molar-refractivity contribution in [2.75, 3.05) is 24.0 Å². The molecule has 18 aromatic rings. The summed E-state index contributed by atoms with van der Waals surface area (Å²) in [6.07, 6.45) is 0. The van der Waals surface area contributed by atoms with Gasteiger partial charge in [-0.1, -0.05) is 145 Å². The monoisotopic (exact) mass is 2030 g/mol. The zero-order valence-corrected chi connectivity index (χ0v) is 81.5. The Bertz CT molecular complexity index is 7280. The summed E-state index contributed by atoms with van der Waals surface area (Å²) < 4.78 is 60.7. The van der Waals surface area contributed by atoms with Gasteiger partial charge >= 0.3 is 11.9 Å². The van der Waals surface area contributed by atoms with Crippen LogP contribution in [0.2, 0.25) is 0 Å². The first kappa shape index (κ1) is 106. The zero-order chi connectivity index (χ0) is 97.4. The van der Waals surface area contributed by atoms with Crippen molar-refractivity contribution >= 4 is 220 Å². The van der Waals surface area contributed by atoms with Gasteiger partial charge in [0.05, 0.1) is 44.2 Å². The van der Waals surface area contributed by atoms with Gasteiger partial charge in [0.25, 0.3) is 12.9 Å². The van der Waals surface area contributed by atoms with Crippen LogP contribution in [0.1, 0.15) is 93.1 Å². The third-order valence-corrected chi connectivity index (χ3v) is 27.7. The molecule has 0 bridgehead atoms. The Labute approximate surface area is 838 Å². The van der Waals surface area contributed by atoms with Gasteiger partial charge in [-0.3, -0.25) is 36.6 Å². The van der Waals surface area contributed by atoms with E-state index in [0.717, 1.165) is 122 Å². The van der Waals surface area contributed by atoms with Gasteiger partial charge in [-0.05, 0) is 202 Å². The summed E-state index contributed by atoms with van der Waals surface area (Å²) in [4.78, 5) is 50.6. The Hall–Kier alpha value is -15.4. The number of nitrogens with two attached hydrogens (primary N) is 5. The number of phenolic OH excluding ortho intramolecular Hbond substituents is 1. The van der Waals surface area contributed by atoms with E-state index in [1.165, 1.54) is 99.9 Å². The lowest BCUT2D eigenvalue weighted by Crippen LogP contribution is -2.23. The number of methoxy groups -OCH3 is 2. The maximum atomic E-state index is 14.3. The predicted molar refractivity (Wildman–Crippen MR) is 566 cm³/mol. The van der Waals surface area contributed by atoms with Crippen LogP contribution in [0.3, 0.4) is 0 Å². The summed E-state index contributed by atoms with van der Waals surface area (Å²) in [5.41, 5.74) is 36.5. The van der Waals surface area contributed by atoms with Crippen LogP contribution in [-0.2, 0) is 65.1 Å². The number of benzene rings is 11. The van der Waals surface area contributed by atoms with E-state index in [2.05, 4.69) is 88.2 Å². The summed E-state index contributed by atoms with van der Waals surface area (Å²) in [7, 11) is 2.72. The van der Waals surface area contributed by atoms with E-state index in [1.54, 1.807) is 102 Å². The van der Waals surface area contributed by atoms with Crippen molar-refractivity contribution in [3.05, 3.63) is 398 Å². The second kappa shape index (κ2) is 52.1. The highest BCUT2D eigenvalue weighted by Crippen LogP contribution is 2.38. The number of carbonyl (C=O) groups is 4. The average molecular weight is 2040 g/mol. The molecule has 0 saturated carbocycles. The fraction of sp³-hybridized carbons (Fsp3) is 0.0865. The first-order chi connectivity index (χ1) is 66.2. The quantitative estimate of drug-likeness (QED) is 0.00787. The van der Waals surface area contributed by atoms with E-state index in [9.17, 15) is 23.5 Å². The fourth-order valence-electron chi connectivity index (χ4n) is 13.5. The van der Waals surface area contributed by atoms with Crippen molar-refractivity contribution in [2.24, 2.45) is 28.7 Å². The number of hydrogen-bond donors (Lipinski definition) is 13. The standard InChI is InChI=1S/C23H19F2N3S.C23H21N3S.C22H16N2O2S2.C18H16N2O3S.C16H14N2O3S2.2CH2O2.2ClH/c24-19-7-3-1-5-16(19)13-28(14-17-6-2-4-8-20(17)25)18-10-9-15-11-22(23(26)27)29-21(15)12-18;24-23(25)22-13-19-11-12-20(14-21(19)27-22)26(15-17-7-3-1-4-8-17)16-18-9-5-2-6-10-18;23-22(24)21-12-19-15(6-3-14-4-7-16(25)8-5-14)10-17(11-20(19)28-21)26-13-18-2-1-9-27-18;1-22-18(21)14-5-3-2-4-12(14)10-23-13-7-6-11-8-16(17(19)20)24-15(11)9-13;1-20-16(19)12-5-4-11(22-12)8-21-10-3-2-9-6-14(15(17)18)23-13(9)7-10;2*2-1-3;;/h1-12H,13-14H2,(H3,26,27);1-14H,15-16H2,(H3,24,25);1-2,4-5,7-12,25H,13H2,(H3,23,24);2-9H,10H2,1H3,(H3,19,20);2-7H,8H2,1H3,(H3,17,18);2*1H,(H,2,3);2*1H. The number of rotatable bonds is 26. The van der Waals surface area contributed by atoms with Gasteiger partial charge in [-0.25, -0.2) is 18.4 Å². The number of ether oxygens (including phenoxy) is 5. The Balaban J connectivity index is 0.000000176. The van der Waals surface area contributed by atoms with Gasteiger partial charge in [-0.15, -0.1) is 104 Å². The number of carboxylic acid groups (broad SMARTS) is 2. The zero-order valence-electron chi connectivity index (χ0n) is 74.2. The van der Waals surface area contributed by atoms with E-state index < -0.39 is 0 Å². The first-order valence-electron chi connectivity index (χ1n) is 41.5. The second-order valence-corrected chi connectivity index (χ2v) is 37.2. The summed E-state index contributed by atoms with van der Waals surface area (Å²) in [6.45, 7) is 2.94. The molecular weight excluding hydrogens is 1940 g/mol. The Kier molecular flexibility index (Phi) is 39.6. The lowest BCUT2D eigenvalue weighted by Gasteiger charge is -2.26. The highest BCUT2D eigenvalue weighted by Gasteiger charge is 2.20. The van der Waals surface area contributed by atoms with Crippen molar-refractivity contribution in [3.8, 4) is 34.8 Å². The number of hydrogen-bond acceptors (Lipinski definition) is 24. The van der Waals surface area contributed by atoms with E-state index in [-0.39, 0.29) is 103 Å². The molecule has 35 heteroatoms. The van der Waals surface area contributed by atoms with Gasteiger partial charge in [-0.2, -0.15) is 0 Å². The molecule has 139 heavy (non-hydrogen) atoms. The third-order valence-electron chi connectivity index (χ3n) is 20.1. The number of esters is 2. The van der Waals surface area contributed by atoms with Crippen LogP contribution in [0, 0.1) is 50.5 Å². The smallest absolute Gasteiger partial charge is 0.348 e. The van der Waals surface area contributed by atoms with E-state index in [0.29, 0.717) is 63.4 Å². The van der Waals surface area contributed by atoms with Crippen molar-refractivity contribution < 1.29 is 67.0 Å². The molecule has 710 valence electrons. The molecule has 0 unspecified atom stereocenters. The van der Waals surface area contributed by atoms with Gasteiger partial charge in [0.2, 0.25) is 0 Å². The van der Waals surface area contributed by atoms with Crippen LogP contribution in [0.15, 0.2) is 303 Å². The number of aromatic hydroxyl groups is 1. The maximum absolute atomic E-state index is 14.3. The molecule has 18 rings (SSSR count). The lowest BCUT2D eigenvalue weighted by atomic mass is 10.1. The molecular formula is C104H92Cl2F2N12O12S7. The summed E-state index contributed by atoms with van der Waals surface area (Å²) >= 11 is 10.4. The number of amidine groups is 5. The van der Waals surface area contributed by atoms with Crippen LogP contribution in [0.25, 0.3) is 50.4 Å². The van der Waals surface area contributed by atoms with Crippen molar-refractivity contribution in [3.63, 3.8) is 0 Å². The minimum atomic E-state index is -0.381. The fourth-order valence-corrected chi connectivity index (χ4v) is 19.8. The number of phenols is 1. The number of fused-ring (bicyclic) bond motifs is 5. The minimum Gasteiger partial charge on any atom is -0.508 e. The van der Waals surface area contributed by atoms with Crippen molar-refractivity contribution in [1.82, 2.24) is 0 Å². The van der Waals surface area contributed by atoms with E-state index in [4.69, 9.17) is 94.5 Å². The number of nitrogens with zero attached hydrogens (tertiary/aromatic N) is 2. The van der Waals surface area contributed by atoms with Crippen molar-refractivity contribution in [1.29, 1.82) is 27.0 Å². The lowest BCUT2D eigenvalue weighted by molar-refractivity contribution is -0.123. The number of carbonyl (C=O) groups excluding carboxylic acids is 2. The highest BCUT2D eigenvalue weighted by atomic mass is 35.5. The Morgan fingerprint density at radius 3 is 1.23 bits per heavy atom. The van der Waals surface area contributed by atoms with Crippen LogP contribution >= 0.6 is 104 Å². The van der Waals surface area contributed by atoms with Gasteiger partial charge in [0, 0.05) is 104 Å². The molecule has 7 heterocycles. The summed E-state index contributed by atoms with van der Waals surface area (Å²) in [5.74, 6) is 7.72. The number of anilines is 2. The highest BCUT2D eigenvalue weighted by molar-refractivity contribution is 7.22. The van der Waals surface area contributed by atoms with Gasteiger partial charge in [0.15, 0.2) is 0 Å². The molecule has 0 aliphatic carbocycles. The molecule has 0 amide bonds. The summed E-state index contributed by atoms with van der Waals surface area (Å²) in [5, 5.41) is 68.4. The van der Waals surface area contributed by atoms with Crippen LogP contribution in [0.4, 0.5) is 20.2 Å². The minimum absolute atomic E-state index is 0. The average Bonchev–Trinajstić information content (AvgIpc) is 1.63. The van der Waals surface area contributed by atoms with Crippen molar-refractivity contribution in [2.45, 2.75) is 46.0 Å². The molecule has 11 aromatic carbocycles. The molecule has 0 radical (unpaired) electrons. The van der Waals surface area contributed by atoms with Crippen LogP contribution in [-0.4, -0.2) is 83.6 Å². The topological polar surface area (TPSA) is 431 Å². The van der Waals surface area contributed by atoms with E-state index >= 15 is 0 Å². The van der Waals surface area contributed by atoms with E-state index in [1.807, 2.05) is 150 Å². The molecule has 18 N–H and O–H groups in total. The van der Waals surface area contributed by atoms with Crippen LogP contribution in [0.5, 0.6) is 23.0 Å². The number of halogens is 4. The number of thiophene rings is 7. The molecule has 0 aliphatic rings. The molecule has 7 aromatic heterocycles. The molecule has 0 aliphatic heterocycles.